The summed E-state index contributed by atoms with van der Waals surface area (Å²) < 4.78 is 4.76. The highest BCUT2D eigenvalue weighted by atomic mass is 16.6. The molecule has 5 N–H and O–H groups in total. The van der Waals surface area contributed by atoms with Crippen molar-refractivity contribution < 1.29 is 19.7 Å². The number of nitrogens with zero attached hydrogens (tertiary/aromatic N) is 3. The molecule has 0 saturated carbocycles. The van der Waals surface area contributed by atoms with Crippen LogP contribution < -0.4 is 16.4 Å². The molecule has 11 nitrogen and oxygen atoms in total. The van der Waals surface area contributed by atoms with Crippen molar-refractivity contribution in [3.63, 3.8) is 0 Å². The highest BCUT2D eigenvalue weighted by Crippen LogP contribution is 2.32. The van der Waals surface area contributed by atoms with Crippen molar-refractivity contribution in [2.75, 3.05) is 23.0 Å². The van der Waals surface area contributed by atoms with Gasteiger partial charge < -0.3 is 21.0 Å². The van der Waals surface area contributed by atoms with E-state index >= 15 is 0 Å². The van der Waals surface area contributed by atoms with Gasteiger partial charge >= 0.3 is 11.8 Å². The second-order valence-corrected chi connectivity index (χ2v) is 5.61. The van der Waals surface area contributed by atoms with E-state index in [2.05, 4.69) is 20.8 Å². The number of carbonyl (C=O) groups excluding carboxylic acids is 1. The number of ether oxygens (including phenoxy) is 1. The Kier molecular flexibility index (Phi) is 6.68. The van der Waals surface area contributed by atoms with Crippen LogP contribution in [-0.2, 0) is 4.74 Å². The molecule has 28 heavy (non-hydrogen) atoms. The van der Waals surface area contributed by atoms with Crippen molar-refractivity contribution in [2.45, 2.75) is 19.9 Å². The first-order valence-electron chi connectivity index (χ1n) is 8.30. The molecule has 0 radical (unpaired) electrons. The summed E-state index contributed by atoms with van der Waals surface area (Å²) in [6, 6.07) is 9.42. The number of anilines is 3. The van der Waals surface area contributed by atoms with Crippen molar-refractivity contribution in [3.05, 3.63) is 52.1 Å². The van der Waals surface area contributed by atoms with Crippen molar-refractivity contribution >= 4 is 34.8 Å². The lowest BCUT2D eigenvalue weighted by atomic mass is 10.0. The van der Waals surface area contributed by atoms with Gasteiger partial charge in [-0.3, -0.25) is 15.4 Å². The van der Waals surface area contributed by atoms with Crippen LogP contribution in [0, 0.1) is 10.1 Å². The number of amides is 1. The molecule has 1 atom stereocenters. The van der Waals surface area contributed by atoms with Gasteiger partial charge in [0.2, 0.25) is 5.82 Å². The van der Waals surface area contributed by atoms with Gasteiger partial charge in [0, 0.05) is 11.6 Å². The lowest BCUT2D eigenvalue weighted by Gasteiger charge is -2.18. The van der Waals surface area contributed by atoms with Crippen LogP contribution in [0.25, 0.3) is 0 Å². The molecular formula is C17H20N6O5. The topological polar surface area (TPSA) is 165 Å². The Morgan fingerprint density at radius 1 is 1.43 bits per heavy atom. The number of oxime groups is 1. The Bertz CT molecular complexity index is 887. The predicted molar refractivity (Wildman–Crippen MR) is 104 cm³/mol. The van der Waals surface area contributed by atoms with Crippen LogP contribution in [0.3, 0.4) is 0 Å². The van der Waals surface area contributed by atoms with Crippen LogP contribution in [-0.4, -0.2) is 39.6 Å². The molecule has 0 fully saturated rings. The molecule has 0 spiro atoms. The van der Waals surface area contributed by atoms with Gasteiger partial charge in [-0.15, -0.1) is 0 Å². The molecule has 1 amide bonds. The largest absolute Gasteiger partial charge is 0.450 e. The first-order valence-corrected chi connectivity index (χ1v) is 8.30. The van der Waals surface area contributed by atoms with Gasteiger partial charge in [0.05, 0.1) is 17.6 Å². The fraction of sp³-hybridized carbons (Fsp3) is 0.235. The SMILES string of the molecule is CCOC(=O)Nc1cc(N[C@@H](C)/C(=N\O)c2ccccc2)c([N+](=O)[O-])c(N)n1. The van der Waals surface area contributed by atoms with Crippen molar-refractivity contribution in [3.8, 4) is 0 Å². The summed E-state index contributed by atoms with van der Waals surface area (Å²) in [4.78, 5) is 26.1. The van der Waals surface area contributed by atoms with Gasteiger partial charge in [-0.2, -0.15) is 0 Å². The minimum absolute atomic E-state index is 0.00567. The van der Waals surface area contributed by atoms with Crippen LogP contribution in [0.5, 0.6) is 0 Å². The maximum absolute atomic E-state index is 11.6. The van der Waals surface area contributed by atoms with E-state index in [-0.39, 0.29) is 23.8 Å². The minimum atomic E-state index is -0.774. The molecule has 0 aliphatic rings. The lowest BCUT2D eigenvalue weighted by Crippen LogP contribution is -2.28. The van der Waals surface area contributed by atoms with Gasteiger partial charge in [-0.25, -0.2) is 9.78 Å². The van der Waals surface area contributed by atoms with E-state index < -0.39 is 28.6 Å². The van der Waals surface area contributed by atoms with Gasteiger partial charge in [0.15, 0.2) is 0 Å². The summed E-state index contributed by atoms with van der Waals surface area (Å²) in [5.74, 6) is -0.422. The van der Waals surface area contributed by atoms with E-state index in [1.165, 1.54) is 6.07 Å². The lowest BCUT2D eigenvalue weighted by molar-refractivity contribution is -0.383. The molecule has 0 bridgehead atoms. The zero-order valence-corrected chi connectivity index (χ0v) is 15.2. The molecule has 1 aromatic heterocycles. The van der Waals surface area contributed by atoms with E-state index in [0.717, 1.165) is 0 Å². The van der Waals surface area contributed by atoms with Gasteiger partial charge in [0.25, 0.3) is 0 Å². The molecule has 148 valence electrons. The molecule has 1 heterocycles. The zero-order valence-electron chi connectivity index (χ0n) is 15.2. The van der Waals surface area contributed by atoms with Crippen molar-refractivity contribution in [1.82, 2.24) is 4.98 Å². The number of nitrogen functional groups attached to an aromatic ring is 1. The van der Waals surface area contributed by atoms with Crippen LogP contribution in [0.1, 0.15) is 19.4 Å². The van der Waals surface area contributed by atoms with Crippen LogP contribution in [0.4, 0.5) is 27.8 Å². The fourth-order valence-corrected chi connectivity index (χ4v) is 2.50. The normalized spacial score (nSPS) is 12.1. The third kappa shape index (κ3) is 4.84. The molecule has 2 rings (SSSR count). The maximum Gasteiger partial charge on any atom is 0.412 e. The van der Waals surface area contributed by atoms with Crippen LogP contribution >= 0.6 is 0 Å². The molecule has 0 aliphatic heterocycles. The average Bonchev–Trinajstić information content (AvgIpc) is 2.62. The van der Waals surface area contributed by atoms with Crippen LogP contribution in [0.15, 0.2) is 41.6 Å². The number of nitro groups is 1. The second kappa shape index (κ2) is 9.16. The number of rotatable bonds is 7. The van der Waals surface area contributed by atoms with E-state index in [1.54, 1.807) is 44.2 Å². The molecule has 0 aliphatic carbocycles. The molecule has 0 unspecified atom stereocenters. The Hall–Kier alpha value is -3.89. The number of carbonyl (C=O) groups is 1. The molecule has 1 aromatic carbocycles. The monoisotopic (exact) mass is 388 g/mol. The Balaban J connectivity index is 2.37. The average molecular weight is 388 g/mol. The third-order valence-electron chi connectivity index (χ3n) is 3.67. The Labute approximate surface area is 160 Å². The molecule has 2 aromatic rings. The number of aromatic nitrogens is 1. The number of pyridine rings is 1. The molecule has 11 heteroatoms. The summed E-state index contributed by atoms with van der Waals surface area (Å²) in [6.07, 6.45) is -0.774. The van der Waals surface area contributed by atoms with E-state index in [4.69, 9.17) is 10.5 Å². The molecule has 0 saturated heterocycles. The van der Waals surface area contributed by atoms with Gasteiger partial charge in [-0.1, -0.05) is 35.5 Å². The Morgan fingerprint density at radius 3 is 2.68 bits per heavy atom. The first kappa shape index (κ1) is 20.4. The summed E-state index contributed by atoms with van der Waals surface area (Å²) in [5, 5.41) is 29.3. The highest BCUT2D eigenvalue weighted by Gasteiger charge is 2.25. The Morgan fingerprint density at radius 2 is 2.11 bits per heavy atom. The first-order chi connectivity index (χ1) is 13.4. The number of hydrogen-bond acceptors (Lipinski definition) is 9. The molecular weight excluding hydrogens is 368 g/mol. The van der Waals surface area contributed by atoms with Crippen molar-refractivity contribution in [1.29, 1.82) is 0 Å². The maximum atomic E-state index is 11.6. The standard InChI is InChI=1S/C17H20N6O5/c1-3-28-17(24)21-13-9-12(15(23(26)27)16(18)20-13)19-10(2)14(22-25)11-7-5-4-6-8-11/h4-10,25H,3H2,1-2H3,(H4,18,19,20,21,24)/b22-14+/t10-/m0/s1. The van der Waals surface area contributed by atoms with E-state index in [9.17, 15) is 20.1 Å². The van der Waals surface area contributed by atoms with Crippen LogP contribution in [0.2, 0.25) is 0 Å². The van der Waals surface area contributed by atoms with Gasteiger partial charge in [-0.05, 0) is 13.8 Å². The summed E-state index contributed by atoms with van der Waals surface area (Å²) in [5.41, 5.74) is 6.11. The second-order valence-electron chi connectivity index (χ2n) is 5.61. The number of benzene rings is 1. The van der Waals surface area contributed by atoms with E-state index in [0.29, 0.717) is 5.56 Å². The predicted octanol–water partition coefficient (Wildman–Crippen LogP) is 2.82. The summed E-state index contributed by atoms with van der Waals surface area (Å²) in [6.45, 7) is 3.43. The quantitative estimate of drug-likeness (QED) is 0.243. The fourth-order valence-electron chi connectivity index (χ4n) is 2.50. The van der Waals surface area contributed by atoms with Crippen molar-refractivity contribution in [2.24, 2.45) is 5.16 Å². The summed E-state index contributed by atoms with van der Waals surface area (Å²) >= 11 is 0. The number of nitrogens with two attached hydrogens (primary N) is 1. The third-order valence-corrected chi connectivity index (χ3v) is 3.67. The number of hydrogen-bond donors (Lipinski definition) is 4. The smallest absolute Gasteiger partial charge is 0.412 e. The highest BCUT2D eigenvalue weighted by molar-refractivity contribution is 6.05. The minimum Gasteiger partial charge on any atom is -0.450 e. The number of nitrogens with one attached hydrogen (secondary N) is 2. The van der Waals surface area contributed by atoms with Gasteiger partial charge in [0.1, 0.15) is 17.2 Å². The zero-order chi connectivity index (χ0) is 20.7. The van der Waals surface area contributed by atoms with E-state index in [1.807, 2.05) is 0 Å². The summed E-state index contributed by atoms with van der Waals surface area (Å²) in [7, 11) is 0.